The fourth-order valence-corrected chi connectivity index (χ4v) is 3.74. The maximum absolute atomic E-state index is 13.2. The van der Waals surface area contributed by atoms with E-state index in [9.17, 15) is 9.59 Å². The van der Waals surface area contributed by atoms with Crippen LogP contribution in [0.5, 0.6) is 5.75 Å². The average Bonchev–Trinajstić information content (AvgIpc) is 2.78. The van der Waals surface area contributed by atoms with Gasteiger partial charge in [-0.05, 0) is 54.7 Å². The number of ether oxygens (including phenoxy) is 1. The number of nitrogens with zero attached hydrogens (tertiary/aromatic N) is 1. The average molecular weight is 483 g/mol. The third-order valence-corrected chi connectivity index (χ3v) is 5.65. The van der Waals surface area contributed by atoms with Crippen LogP contribution in [0.15, 0.2) is 78.4 Å². The van der Waals surface area contributed by atoms with Crippen LogP contribution in [0.3, 0.4) is 0 Å². The summed E-state index contributed by atoms with van der Waals surface area (Å²) in [5.41, 5.74) is 1.82. The second-order valence-corrected chi connectivity index (χ2v) is 8.08. The molecule has 1 N–H and O–H groups in total. The Morgan fingerprint density at radius 3 is 2.38 bits per heavy atom. The molecule has 2 amide bonds. The Balaban J connectivity index is 1.64. The van der Waals surface area contributed by atoms with Gasteiger partial charge in [0.15, 0.2) is 5.11 Å². The number of halogens is 2. The van der Waals surface area contributed by atoms with Crippen LogP contribution < -0.4 is 15.0 Å². The highest BCUT2D eigenvalue weighted by molar-refractivity contribution is 7.80. The number of nitrogens with one attached hydrogen (secondary N) is 1. The van der Waals surface area contributed by atoms with Crippen LogP contribution in [-0.4, -0.2) is 16.9 Å². The number of carbonyl (C=O) groups excluding carboxylic acids is 2. The van der Waals surface area contributed by atoms with Gasteiger partial charge in [-0.1, -0.05) is 59.6 Å². The number of anilines is 1. The van der Waals surface area contributed by atoms with Gasteiger partial charge in [0.25, 0.3) is 11.8 Å². The molecule has 0 atom stereocenters. The van der Waals surface area contributed by atoms with E-state index < -0.39 is 11.8 Å². The van der Waals surface area contributed by atoms with Crippen molar-refractivity contribution in [2.24, 2.45) is 0 Å². The summed E-state index contributed by atoms with van der Waals surface area (Å²) in [6.07, 6.45) is 1.49. The van der Waals surface area contributed by atoms with Crippen LogP contribution in [0.4, 0.5) is 5.69 Å². The van der Waals surface area contributed by atoms with Gasteiger partial charge in [0.1, 0.15) is 17.9 Å². The Bertz CT molecular complexity index is 1240. The number of hydrogen-bond acceptors (Lipinski definition) is 4. The minimum atomic E-state index is -0.578. The smallest absolute Gasteiger partial charge is 0.270 e. The molecule has 3 aromatic rings. The molecule has 0 radical (unpaired) electrons. The molecule has 0 aliphatic carbocycles. The van der Waals surface area contributed by atoms with Crippen molar-refractivity contribution < 1.29 is 14.3 Å². The zero-order chi connectivity index (χ0) is 22.7. The number of benzene rings is 3. The molecule has 0 saturated carbocycles. The summed E-state index contributed by atoms with van der Waals surface area (Å²) in [4.78, 5) is 27.0. The standard InChI is InChI=1S/C24H16Cl2N2O3S/c25-17-9-11-18(12-10-17)28-23(30)19(22(29)27-24(28)32)13-15-5-2-4-8-21(15)31-14-16-6-1-3-7-20(16)26/h1-13H,14H2,(H,27,29,32). The Morgan fingerprint density at radius 1 is 0.938 bits per heavy atom. The summed E-state index contributed by atoms with van der Waals surface area (Å²) in [5, 5.41) is 3.69. The van der Waals surface area contributed by atoms with E-state index in [0.29, 0.717) is 27.0 Å². The molecule has 8 heteroatoms. The summed E-state index contributed by atoms with van der Waals surface area (Å²) in [6, 6.07) is 21.1. The number of hydrogen-bond donors (Lipinski definition) is 1. The first-order valence-electron chi connectivity index (χ1n) is 9.56. The fraction of sp³-hybridized carbons (Fsp3) is 0.0417. The van der Waals surface area contributed by atoms with Gasteiger partial charge in [0.2, 0.25) is 0 Å². The lowest BCUT2D eigenvalue weighted by Crippen LogP contribution is -2.54. The molecule has 1 aliphatic heterocycles. The van der Waals surface area contributed by atoms with E-state index in [2.05, 4.69) is 5.32 Å². The number of carbonyl (C=O) groups is 2. The Morgan fingerprint density at radius 2 is 1.62 bits per heavy atom. The van der Waals surface area contributed by atoms with E-state index in [1.807, 2.05) is 24.3 Å². The number of amides is 2. The molecule has 1 heterocycles. The fourth-order valence-electron chi connectivity index (χ4n) is 3.14. The molecule has 0 aromatic heterocycles. The molecule has 1 aliphatic rings. The molecule has 5 nitrogen and oxygen atoms in total. The second-order valence-electron chi connectivity index (χ2n) is 6.85. The molecule has 0 bridgehead atoms. The third kappa shape index (κ3) is 4.67. The van der Waals surface area contributed by atoms with E-state index >= 15 is 0 Å². The highest BCUT2D eigenvalue weighted by Crippen LogP contribution is 2.27. The third-order valence-electron chi connectivity index (χ3n) is 4.75. The van der Waals surface area contributed by atoms with Gasteiger partial charge in [0, 0.05) is 21.2 Å². The normalized spacial score (nSPS) is 15.1. The van der Waals surface area contributed by atoms with Crippen LogP contribution in [0.25, 0.3) is 6.08 Å². The Hall–Kier alpha value is -3.19. The SMILES string of the molecule is O=C1NC(=S)N(c2ccc(Cl)cc2)C(=O)C1=Cc1ccccc1OCc1ccccc1Cl. The minimum Gasteiger partial charge on any atom is -0.488 e. The predicted octanol–water partition coefficient (Wildman–Crippen LogP) is 5.40. The Labute approximate surface area is 200 Å². The molecule has 1 fully saturated rings. The lowest BCUT2D eigenvalue weighted by Gasteiger charge is -2.29. The van der Waals surface area contributed by atoms with E-state index in [4.69, 9.17) is 40.2 Å². The van der Waals surface area contributed by atoms with Crippen molar-refractivity contribution in [3.8, 4) is 5.75 Å². The van der Waals surface area contributed by atoms with E-state index in [-0.39, 0.29) is 17.3 Å². The molecule has 0 spiro atoms. The van der Waals surface area contributed by atoms with Crippen LogP contribution in [-0.2, 0) is 16.2 Å². The Kier molecular flexibility index (Phi) is 6.55. The molecule has 160 valence electrons. The van der Waals surface area contributed by atoms with Gasteiger partial charge in [-0.3, -0.25) is 19.8 Å². The second kappa shape index (κ2) is 9.53. The van der Waals surface area contributed by atoms with Crippen LogP contribution >= 0.6 is 35.4 Å². The van der Waals surface area contributed by atoms with Crippen molar-refractivity contribution in [3.63, 3.8) is 0 Å². The van der Waals surface area contributed by atoms with Crippen LogP contribution in [0.1, 0.15) is 11.1 Å². The van der Waals surface area contributed by atoms with Crippen LogP contribution in [0, 0.1) is 0 Å². The highest BCUT2D eigenvalue weighted by atomic mass is 35.5. The molecule has 0 unspecified atom stereocenters. The van der Waals surface area contributed by atoms with Gasteiger partial charge >= 0.3 is 0 Å². The van der Waals surface area contributed by atoms with Gasteiger partial charge in [0.05, 0.1) is 5.69 Å². The van der Waals surface area contributed by atoms with Crippen molar-refractivity contribution in [2.75, 3.05) is 4.90 Å². The lowest BCUT2D eigenvalue weighted by atomic mass is 10.1. The molecular weight excluding hydrogens is 467 g/mol. The van der Waals surface area contributed by atoms with Crippen molar-refractivity contribution >= 4 is 64.1 Å². The number of para-hydroxylation sites is 1. The molecule has 32 heavy (non-hydrogen) atoms. The van der Waals surface area contributed by atoms with Gasteiger partial charge in [-0.2, -0.15) is 0 Å². The van der Waals surface area contributed by atoms with Crippen molar-refractivity contribution in [2.45, 2.75) is 6.61 Å². The zero-order valence-electron chi connectivity index (χ0n) is 16.5. The van der Waals surface area contributed by atoms with E-state index in [1.54, 1.807) is 48.5 Å². The largest absolute Gasteiger partial charge is 0.488 e. The van der Waals surface area contributed by atoms with Crippen molar-refractivity contribution in [1.82, 2.24) is 5.32 Å². The summed E-state index contributed by atoms with van der Waals surface area (Å²) >= 11 is 17.4. The quantitative estimate of drug-likeness (QED) is 0.300. The number of thiocarbonyl (C=S) groups is 1. The summed E-state index contributed by atoms with van der Waals surface area (Å²) in [6.45, 7) is 0.237. The summed E-state index contributed by atoms with van der Waals surface area (Å²) in [7, 11) is 0. The first-order chi connectivity index (χ1) is 15.4. The highest BCUT2D eigenvalue weighted by Gasteiger charge is 2.34. The first-order valence-corrected chi connectivity index (χ1v) is 10.7. The zero-order valence-corrected chi connectivity index (χ0v) is 18.9. The van der Waals surface area contributed by atoms with Gasteiger partial charge in [-0.25, -0.2) is 0 Å². The maximum atomic E-state index is 13.2. The lowest BCUT2D eigenvalue weighted by molar-refractivity contribution is -0.122. The molecular formula is C24H16Cl2N2O3S. The van der Waals surface area contributed by atoms with E-state index in [0.717, 1.165) is 5.56 Å². The molecule has 4 rings (SSSR count). The van der Waals surface area contributed by atoms with Crippen molar-refractivity contribution in [3.05, 3.63) is 99.5 Å². The predicted molar refractivity (Wildman–Crippen MR) is 130 cm³/mol. The summed E-state index contributed by atoms with van der Waals surface area (Å²) in [5.74, 6) is -0.611. The topological polar surface area (TPSA) is 58.6 Å². The van der Waals surface area contributed by atoms with E-state index in [1.165, 1.54) is 11.0 Å². The minimum absolute atomic E-state index is 0.00253. The van der Waals surface area contributed by atoms with Crippen molar-refractivity contribution in [1.29, 1.82) is 0 Å². The number of rotatable bonds is 5. The van der Waals surface area contributed by atoms with Gasteiger partial charge in [-0.15, -0.1) is 0 Å². The van der Waals surface area contributed by atoms with Crippen LogP contribution in [0.2, 0.25) is 10.0 Å². The monoisotopic (exact) mass is 482 g/mol. The first kappa shape index (κ1) is 22.0. The molecule has 3 aromatic carbocycles. The summed E-state index contributed by atoms with van der Waals surface area (Å²) < 4.78 is 5.94. The maximum Gasteiger partial charge on any atom is 0.270 e. The van der Waals surface area contributed by atoms with Gasteiger partial charge < -0.3 is 4.74 Å². The molecule has 1 saturated heterocycles.